The Labute approximate surface area is 329 Å². The van der Waals surface area contributed by atoms with E-state index >= 15 is 0 Å². The van der Waals surface area contributed by atoms with E-state index in [2.05, 4.69) is 13.5 Å². The fraction of sp³-hybridized carbons (Fsp3) is 0.940. The minimum absolute atomic E-state index is 0.142. The maximum absolute atomic E-state index is 11.3. The zero-order chi connectivity index (χ0) is 37.5. The van der Waals surface area contributed by atoms with Gasteiger partial charge in [0.25, 0.3) is 0 Å². The summed E-state index contributed by atoms with van der Waals surface area (Å²) in [4.78, 5) is 11.3. The summed E-state index contributed by atoms with van der Waals surface area (Å²) in [7, 11) is 0. The number of esters is 1. The molecule has 0 aromatic rings. The predicted octanol–water partition coefficient (Wildman–Crippen LogP) is 18.6. The molecule has 0 saturated carbocycles. The molecule has 2 heteroatoms. The minimum atomic E-state index is -0.142. The number of ether oxygens (including phenoxy) is 1. The summed E-state index contributed by atoms with van der Waals surface area (Å²) >= 11 is 0. The summed E-state index contributed by atoms with van der Waals surface area (Å²) in [5.74, 6) is -0.142. The van der Waals surface area contributed by atoms with E-state index in [0.717, 1.165) is 12.8 Å². The Balaban J connectivity index is 3.06. The van der Waals surface area contributed by atoms with Gasteiger partial charge in [0.2, 0.25) is 0 Å². The molecular weight excluding hydrogens is 633 g/mol. The van der Waals surface area contributed by atoms with Crippen LogP contribution in [0.1, 0.15) is 302 Å². The summed E-state index contributed by atoms with van der Waals surface area (Å²) < 4.78 is 4.75. The van der Waals surface area contributed by atoms with Gasteiger partial charge in [-0.1, -0.05) is 296 Å². The van der Waals surface area contributed by atoms with Crippen molar-refractivity contribution in [1.29, 1.82) is 0 Å². The second-order valence-corrected chi connectivity index (χ2v) is 17.0. The Hall–Kier alpha value is -0.790. The molecule has 0 rings (SSSR count). The van der Waals surface area contributed by atoms with Gasteiger partial charge in [0.15, 0.2) is 0 Å². The van der Waals surface area contributed by atoms with Crippen molar-refractivity contribution in [2.75, 3.05) is 0 Å². The molecule has 0 unspecified atom stereocenters. The fourth-order valence-corrected chi connectivity index (χ4v) is 8.10. The smallest absolute Gasteiger partial charge is 0.310 e. The monoisotopic (exact) mass is 731 g/mol. The van der Waals surface area contributed by atoms with Gasteiger partial charge in [-0.05, 0) is 6.42 Å². The average molecular weight is 731 g/mol. The van der Waals surface area contributed by atoms with Crippen LogP contribution in [0.15, 0.2) is 12.8 Å². The van der Waals surface area contributed by atoms with Crippen molar-refractivity contribution in [2.45, 2.75) is 302 Å². The van der Waals surface area contributed by atoms with E-state index in [1.165, 1.54) is 282 Å². The molecule has 0 aromatic heterocycles. The molecule has 0 amide bonds. The van der Waals surface area contributed by atoms with Gasteiger partial charge in [-0.15, -0.1) is 0 Å². The normalized spacial score (nSPS) is 11.4. The zero-order valence-corrected chi connectivity index (χ0v) is 36.1. The number of unbranched alkanes of at least 4 members (excludes halogenated alkanes) is 44. The maximum Gasteiger partial charge on any atom is 0.310 e. The summed E-state index contributed by atoms with van der Waals surface area (Å²) in [5.41, 5.74) is 0. The molecule has 310 valence electrons. The first-order chi connectivity index (χ1) is 25.8. The molecule has 0 saturated heterocycles. The van der Waals surface area contributed by atoms with Crippen molar-refractivity contribution < 1.29 is 9.53 Å². The van der Waals surface area contributed by atoms with Crippen LogP contribution in [-0.4, -0.2) is 5.97 Å². The highest BCUT2D eigenvalue weighted by molar-refractivity contribution is 5.69. The van der Waals surface area contributed by atoms with Crippen molar-refractivity contribution in [3.8, 4) is 0 Å². The molecule has 0 N–H and O–H groups in total. The van der Waals surface area contributed by atoms with Crippen LogP contribution in [0.5, 0.6) is 0 Å². The quantitative estimate of drug-likeness (QED) is 0.0354. The maximum atomic E-state index is 11.3. The van der Waals surface area contributed by atoms with Crippen LogP contribution in [0.2, 0.25) is 0 Å². The van der Waals surface area contributed by atoms with Crippen LogP contribution in [0.3, 0.4) is 0 Å². The van der Waals surface area contributed by atoms with Gasteiger partial charge >= 0.3 is 5.97 Å². The number of hydrogen-bond donors (Lipinski definition) is 0. The number of carbonyl (C=O) groups excluding carboxylic acids is 1. The lowest BCUT2D eigenvalue weighted by Crippen LogP contribution is -1.98. The van der Waals surface area contributed by atoms with E-state index in [0.29, 0.717) is 6.42 Å². The molecule has 52 heavy (non-hydrogen) atoms. The summed E-state index contributed by atoms with van der Waals surface area (Å²) in [6, 6.07) is 0. The van der Waals surface area contributed by atoms with Crippen molar-refractivity contribution in [1.82, 2.24) is 0 Å². The third-order valence-corrected chi connectivity index (χ3v) is 11.7. The highest BCUT2D eigenvalue weighted by Crippen LogP contribution is 2.18. The van der Waals surface area contributed by atoms with E-state index in [-0.39, 0.29) is 5.97 Å². The Morgan fingerprint density at radius 1 is 0.308 bits per heavy atom. The van der Waals surface area contributed by atoms with Crippen LogP contribution in [0, 0.1) is 0 Å². The molecule has 0 aliphatic heterocycles. The van der Waals surface area contributed by atoms with Gasteiger partial charge in [-0.3, -0.25) is 4.79 Å². The van der Waals surface area contributed by atoms with Crippen LogP contribution in [-0.2, 0) is 9.53 Å². The minimum Gasteiger partial charge on any atom is -0.435 e. The number of hydrogen-bond acceptors (Lipinski definition) is 2. The van der Waals surface area contributed by atoms with Crippen molar-refractivity contribution in [3.05, 3.63) is 12.8 Å². The third-order valence-electron chi connectivity index (χ3n) is 11.7. The van der Waals surface area contributed by atoms with E-state index < -0.39 is 0 Å². The van der Waals surface area contributed by atoms with E-state index in [9.17, 15) is 4.79 Å². The van der Waals surface area contributed by atoms with E-state index in [1.807, 2.05) is 0 Å². The van der Waals surface area contributed by atoms with Gasteiger partial charge in [-0.25, -0.2) is 0 Å². The zero-order valence-electron chi connectivity index (χ0n) is 36.1. The Kier molecular flexibility index (Phi) is 47.5. The van der Waals surface area contributed by atoms with Crippen LogP contribution in [0.4, 0.5) is 0 Å². The van der Waals surface area contributed by atoms with Gasteiger partial charge in [0, 0.05) is 6.42 Å². The molecule has 0 spiro atoms. The van der Waals surface area contributed by atoms with Gasteiger partial charge in [0.1, 0.15) is 0 Å². The van der Waals surface area contributed by atoms with Crippen molar-refractivity contribution >= 4 is 5.97 Å². The largest absolute Gasteiger partial charge is 0.435 e. The fourth-order valence-electron chi connectivity index (χ4n) is 8.10. The lowest BCUT2D eigenvalue weighted by Gasteiger charge is -2.05. The highest BCUT2D eigenvalue weighted by atomic mass is 16.5. The first kappa shape index (κ1) is 51.2. The molecule has 0 fully saturated rings. The molecule has 0 bridgehead atoms. The van der Waals surface area contributed by atoms with Crippen LogP contribution in [0.25, 0.3) is 0 Å². The molecule has 0 aliphatic rings. The summed E-state index contributed by atoms with van der Waals surface area (Å²) in [6.07, 6.45) is 66.6. The molecule has 0 heterocycles. The number of rotatable bonds is 47. The highest BCUT2D eigenvalue weighted by Gasteiger charge is 2.01. The second-order valence-electron chi connectivity index (χ2n) is 17.0. The van der Waals surface area contributed by atoms with Gasteiger partial charge in [0.05, 0.1) is 6.26 Å². The number of carbonyl (C=O) groups is 1. The van der Waals surface area contributed by atoms with Crippen LogP contribution >= 0.6 is 0 Å². The van der Waals surface area contributed by atoms with Gasteiger partial charge in [-0.2, -0.15) is 0 Å². The van der Waals surface area contributed by atoms with Crippen molar-refractivity contribution in [2.24, 2.45) is 0 Å². The Morgan fingerprint density at radius 3 is 0.615 bits per heavy atom. The molecule has 0 aliphatic carbocycles. The Morgan fingerprint density at radius 2 is 0.462 bits per heavy atom. The van der Waals surface area contributed by atoms with Gasteiger partial charge < -0.3 is 4.74 Å². The average Bonchev–Trinajstić information content (AvgIpc) is 3.15. The third kappa shape index (κ3) is 47.2. The standard InChI is InChI=1S/C50H98O2/c1-3-5-6-7-8-9-10-11-12-13-14-15-16-17-18-19-20-21-22-23-24-25-26-27-28-29-30-31-32-33-34-35-36-37-38-39-40-41-42-43-44-45-46-47-48-49-50(51)52-4-2/h4H,2-3,5-49H2,1H3. The molecule has 0 atom stereocenters. The predicted molar refractivity (Wildman–Crippen MR) is 234 cm³/mol. The first-order valence-electron chi connectivity index (χ1n) is 24.6. The molecule has 0 radical (unpaired) electrons. The van der Waals surface area contributed by atoms with E-state index in [1.54, 1.807) is 0 Å². The Bertz CT molecular complexity index is 657. The lowest BCUT2D eigenvalue weighted by molar-refractivity contribution is -0.138. The molecule has 2 nitrogen and oxygen atoms in total. The second kappa shape index (κ2) is 48.2. The van der Waals surface area contributed by atoms with Crippen molar-refractivity contribution in [3.63, 3.8) is 0 Å². The summed E-state index contributed by atoms with van der Waals surface area (Å²) in [6.45, 7) is 5.73. The van der Waals surface area contributed by atoms with Crippen LogP contribution < -0.4 is 0 Å². The summed E-state index contributed by atoms with van der Waals surface area (Å²) in [5, 5.41) is 0. The molecular formula is C50H98O2. The topological polar surface area (TPSA) is 26.3 Å². The first-order valence-corrected chi connectivity index (χ1v) is 24.6. The van der Waals surface area contributed by atoms with E-state index in [4.69, 9.17) is 4.74 Å². The molecule has 0 aromatic carbocycles. The SMILES string of the molecule is C=COC(=O)CCCCCCCCCCCCCCCCCCCCCCCCCCCCCCCCCCCCCCCCCCCCCCC. The lowest BCUT2D eigenvalue weighted by atomic mass is 10.0.